The standard InChI is InChI=1S/C7H7N2/c1-2-4-7-6(3-1)5-8-9-7/h1-3,5-7,9H/q+1. The molecule has 9 heavy (non-hydrogen) atoms. The number of hydrogen-bond donors (Lipinski definition) is 1. The third kappa shape index (κ3) is 0.644. The second kappa shape index (κ2) is 1.67. The minimum Gasteiger partial charge on any atom is -0.275 e. The van der Waals surface area contributed by atoms with E-state index in [0.717, 1.165) is 0 Å². The average molecular weight is 119 g/mol. The summed E-state index contributed by atoms with van der Waals surface area (Å²) >= 11 is 0. The summed E-state index contributed by atoms with van der Waals surface area (Å²) in [6.45, 7) is 0. The molecule has 0 radical (unpaired) electrons. The van der Waals surface area contributed by atoms with Gasteiger partial charge < -0.3 is 0 Å². The van der Waals surface area contributed by atoms with E-state index in [1.807, 2.05) is 18.4 Å². The van der Waals surface area contributed by atoms with E-state index in [0.29, 0.717) is 12.0 Å². The van der Waals surface area contributed by atoms with Crippen LogP contribution in [0.5, 0.6) is 0 Å². The van der Waals surface area contributed by atoms with Crippen LogP contribution < -0.4 is 5.43 Å². The van der Waals surface area contributed by atoms with Crippen LogP contribution in [0.2, 0.25) is 0 Å². The molecule has 1 N–H and O–H groups in total. The molecule has 2 atom stereocenters. The quantitative estimate of drug-likeness (QED) is 0.461. The van der Waals surface area contributed by atoms with Crippen molar-refractivity contribution >= 4 is 6.21 Å². The van der Waals surface area contributed by atoms with Crippen LogP contribution in [-0.4, -0.2) is 12.3 Å². The minimum atomic E-state index is 0.301. The van der Waals surface area contributed by atoms with Gasteiger partial charge in [-0.25, -0.2) is 0 Å². The fourth-order valence-corrected chi connectivity index (χ4v) is 1.03. The monoisotopic (exact) mass is 119 g/mol. The predicted octanol–water partition coefficient (Wildman–Crippen LogP) is 0.489. The number of allylic oxidation sites excluding steroid dienone is 2. The first kappa shape index (κ1) is 4.71. The molecule has 2 nitrogen and oxygen atoms in total. The molecule has 0 spiro atoms. The van der Waals surface area contributed by atoms with Crippen molar-refractivity contribution < 1.29 is 0 Å². The minimum absolute atomic E-state index is 0.301. The molecular formula is C7H7N2+. The van der Waals surface area contributed by atoms with Crippen LogP contribution in [0, 0.1) is 12.0 Å². The van der Waals surface area contributed by atoms with Gasteiger partial charge in [0.15, 0.2) is 12.1 Å². The van der Waals surface area contributed by atoms with Crippen molar-refractivity contribution in [1.82, 2.24) is 5.43 Å². The topological polar surface area (TPSA) is 24.4 Å². The van der Waals surface area contributed by atoms with Crippen molar-refractivity contribution in [2.75, 3.05) is 0 Å². The fourth-order valence-electron chi connectivity index (χ4n) is 1.03. The van der Waals surface area contributed by atoms with Gasteiger partial charge in [-0.2, -0.15) is 5.10 Å². The van der Waals surface area contributed by atoms with Crippen molar-refractivity contribution in [3.05, 3.63) is 24.3 Å². The molecule has 1 heterocycles. The molecule has 0 bridgehead atoms. The van der Waals surface area contributed by atoms with Crippen LogP contribution >= 0.6 is 0 Å². The lowest BCUT2D eigenvalue weighted by Gasteiger charge is -2.03. The highest BCUT2D eigenvalue weighted by molar-refractivity contribution is 5.67. The van der Waals surface area contributed by atoms with Crippen LogP contribution in [0.15, 0.2) is 23.3 Å². The van der Waals surface area contributed by atoms with E-state index in [1.54, 1.807) is 0 Å². The normalized spacial score (nSPS) is 35.6. The van der Waals surface area contributed by atoms with Crippen LogP contribution in [0.3, 0.4) is 0 Å². The molecule has 1 aliphatic carbocycles. The number of nitrogens with zero attached hydrogens (tertiary/aromatic N) is 1. The van der Waals surface area contributed by atoms with E-state index in [9.17, 15) is 0 Å². The summed E-state index contributed by atoms with van der Waals surface area (Å²) < 4.78 is 0. The van der Waals surface area contributed by atoms with Gasteiger partial charge >= 0.3 is 0 Å². The van der Waals surface area contributed by atoms with E-state index in [2.05, 4.69) is 22.7 Å². The molecule has 2 aliphatic rings. The number of nitrogens with one attached hydrogen (secondary N) is 1. The molecule has 44 valence electrons. The molecule has 0 amide bonds. The van der Waals surface area contributed by atoms with E-state index < -0.39 is 0 Å². The van der Waals surface area contributed by atoms with Gasteiger partial charge in [0.2, 0.25) is 0 Å². The van der Waals surface area contributed by atoms with Gasteiger partial charge in [-0.15, -0.1) is 0 Å². The maximum Gasteiger partial charge on any atom is 0.193 e. The Morgan fingerprint density at radius 1 is 1.56 bits per heavy atom. The van der Waals surface area contributed by atoms with Gasteiger partial charge in [-0.3, -0.25) is 5.43 Å². The molecule has 2 heteroatoms. The third-order valence-corrected chi connectivity index (χ3v) is 1.55. The van der Waals surface area contributed by atoms with Gasteiger partial charge in [0.25, 0.3) is 0 Å². The molecule has 0 aromatic rings. The Bertz CT molecular complexity index is 191. The Morgan fingerprint density at radius 2 is 2.56 bits per heavy atom. The summed E-state index contributed by atoms with van der Waals surface area (Å²) in [6, 6.07) is 0.301. The van der Waals surface area contributed by atoms with Gasteiger partial charge in [0.1, 0.15) is 0 Å². The van der Waals surface area contributed by atoms with Crippen LogP contribution in [0.1, 0.15) is 0 Å². The summed E-state index contributed by atoms with van der Waals surface area (Å²) in [7, 11) is 0. The van der Waals surface area contributed by atoms with E-state index in [4.69, 9.17) is 0 Å². The zero-order valence-corrected chi connectivity index (χ0v) is 4.91. The Labute approximate surface area is 54.0 Å². The molecule has 0 aromatic carbocycles. The van der Waals surface area contributed by atoms with Crippen molar-refractivity contribution in [1.29, 1.82) is 0 Å². The largest absolute Gasteiger partial charge is 0.275 e. The Hall–Kier alpha value is -1.14. The van der Waals surface area contributed by atoms with Gasteiger partial charge in [0, 0.05) is 12.3 Å². The second-order valence-electron chi connectivity index (χ2n) is 2.18. The number of hydrogen-bond acceptors (Lipinski definition) is 2. The van der Waals surface area contributed by atoms with Crippen LogP contribution in [-0.2, 0) is 0 Å². The fraction of sp³-hybridized carbons (Fsp3) is 0.286. The highest BCUT2D eigenvalue weighted by Crippen LogP contribution is 2.12. The Balaban J connectivity index is 2.25. The van der Waals surface area contributed by atoms with Crippen molar-refractivity contribution in [3.63, 3.8) is 0 Å². The van der Waals surface area contributed by atoms with Crippen molar-refractivity contribution in [3.8, 4) is 0 Å². The molecule has 0 aromatic heterocycles. The van der Waals surface area contributed by atoms with Gasteiger partial charge in [-0.1, -0.05) is 0 Å². The molecule has 0 saturated heterocycles. The highest BCUT2D eigenvalue weighted by Gasteiger charge is 2.27. The number of hydrazone groups is 1. The summed E-state index contributed by atoms with van der Waals surface area (Å²) in [5, 5.41) is 3.92. The van der Waals surface area contributed by atoms with Crippen molar-refractivity contribution in [2.45, 2.75) is 6.04 Å². The zero-order valence-electron chi connectivity index (χ0n) is 4.91. The zero-order chi connectivity index (χ0) is 6.10. The molecule has 2 rings (SSSR count). The van der Waals surface area contributed by atoms with Gasteiger partial charge in [-0.05, 0) is 0 Å². The summed E-state index contributed by atoms with van der Waals surface area (Å²) in [6.07, 6.45) is 11.1. The molecule has 1 aliphatic heterocycles. The molecule has 2 unspecified atom stereocenters. The lowest BCUT2D eigenvalue weighted by Crippen LogP contribution is -2.25. The first-order valence-corrected chi connectivity index (χ1v) is 3.01. The highest BCUT2D eigenvalue weighted by atomic mass is 15.3. The molecular weight excluding hydrogens is 112 g/mol. The summed E-state index contributed by atoms with van der Waals surface area (Å²) in [5.74, 6) is 0.440. The number of fused-ring (bicyclic) bond motifs is 1. The van der Waals surface area contributed by atoms with E-state index >= 15 is 0 Å². The maximum atomic E-state index is 3.92. The summed E-state index contributed by atoms with van der Waals surface area (Å²) in [5.41, 5.74) is 2.93. The van der Waals surface area contributed by atoms with E-state index in [1.165, 1.54) is 0 Å². The Morgan fingerprint density at radius 3 is 3.44 bits per heavy atom. The summed E-state index contributed by atoms with van der Waals surface area (Å²) in [4.78, 5) is 0. The van der Waals surface area contributed by atoms with E-state index in [-0.39, 0.29) is 0 Å². The lowest BCUT2D eigenvalue weighted by atomic mass is 9.98. The predicted molar refractivity (Wildman–Crippen MR) is 35.9 cm³/mol. The Kier molecular flexibility index (Phi) is 0.877. The average Bonchev–Trinajstić information content (AvgIpc) is 2.33. The van der Waals surface area contributed by atoms with Crippen LogP contribution in [0.4, 0.5) is 0 Å². The first-order valence-electron chi connectivity index (χ1n) is 3.01. The van der Waals surface area contributed by atoms with Crippen LogP contribution in [0.25, 0.3) is 0 Å². The first-order chi connectivity index (χ1) is 4.47. The molecule has 0 saturated carbocycles. The lowest BCUT2D eigenvalue weighted by molar-refractivity contribution is 0.608. The maximum absolute atomic E-state index is 3.92. The number of rotatable bonds is 0. The second-order valence-corrected chi connectivity index (χ2v) is 2.18. The van der Waals surface area contributed by atoms with Gasteiger partial charge in [0.05, 0.1) is 18.1 Å². The third-order valence-electron chi connectivity index (χ3n) is 1.55. The molecule has 0 fully saturated rings. The smallest absolute Gasteiger partial charge is 0.193 e. The SMILES string of the molecule is [C+]1=CC=CC2C=NNC12. The van der Waals surface area contributed by atoms with Crippen molar-refractivity contribution in [2.24, 2.45) is 11.0 Å².